The van der Waals surface area contributed by atoms with E-state index in [0.717, 1.165) is 27.9 Å². The fourth-order valence-electron chi connectivity index (χ4n) is 7.45. The van der Waals surface area contributed by atoms with Crippen LogP contribution in [0.5, 0.6) is 0 Å². The lowest BCUT2D eigenvalue weighted by molar-refractivity contribution is 1.29. The van der Waals surface area contributed by atoms with Crippen molar-refractivity contribution in [3.63, 3.8) is 0 Å². The largest absolute Gasteiger partial charge is 0.309 e. The summed E-state index contributed by atoms with van der Waals surface area (Å²) in [7, 11) is 0. The van der Waals surface area contributed by atoms with Gasteiger partial charge in [-0.05, 0) is 76.2 Å². The smallest absolute Gasteiger partial charge is 0.146 e. The molecule has 3 nitrogen and oxygen atoms in total. The molecule has 0 atom stereocenters. The van der Waals surface area contributed by atoms with Crippen LogP contribution in [0, 0.1) is 0 Å². The first kappa shape index (κ1) is 25.2. The van der Waals surface area contributed by atoms with E-state index in [9.17, 15) is 0 Å². The fourth-order valence-corrected chi connectivity index (χ4v) is 7.45. The second-order valence-corrected chi connectivity index (χ2v) is 12.0. The van der Waals surface area contributed by atoms with Gasteiger partial charge in [0.05, 0.1) is 27.9 Å². The van der Waals surface area contributed by atoms with Crippen molar-refractivity contribution in [2.45, 2.75) is 0 Å². The van der Waals surface area contributed by atoms with Crippen LogP contribution >= 0.6 is 0 Å². The molecule has 46 heavy (non-hydrogen) atoms. The van der Waals surface area contributed by atoms with Gasteiger partial charge in [0.25, 0.3) is 0 Å². The molecule has 0 unspecified atom stereocenters. The first-order chi connectivity index (χ1) is 22.8. The van der Waals surface area contributed by atoms with Crippen molar-refractivity contribution in [2.75, 3.05) is 4.90 Å². The minimum Gasteiger partial charge on any atom is -0.309 e. The molecule has 0 aliphatic carbocycles. The van der Waals surface area contributed by atoms with Gasteiger partial charge in [0.15, 0.2) is 0 Å². The molecule has 3 heterocycles. The van der Waals surface area contributed by atoms with Gasteiger partial charge in [-0.25, -0.2) is 4.98 Å². The number of anilines is 3. The third kappa shape index (κ3) is 3.57. The van der Waals surface area contributed by atoms with Crippen LogP contribution in [0.4, 0.5) is 17.1 Å². The van der Waals surface area contributed by atoms with Crippen LogP contribution in [-0.4, -0.2) is 9.38 Å². The van der Waals surface area contributed by atoms with Gasteiger partial charge in [-0.3, -0.25) is 4.40 Å². The van der Waals surface area contributed by atoms with E-state index in [-0.39, 0.29) is 0 Å². The molecule has 3 heteroatoms. The van der Waals surface area contributed by atoms with E-state index in [4.69, 9.17) is 4.98 Å². The fraction of sp³-hybridized carbons (Fsp3) is 0. The SMILES string of the molecule is c1ccc(N2c3ccccc3-c3ccccc3-c3cc(-c4ccc5c(c4)nc4c6ccccc6c6ccccc6n54)ccc32)cc1. The highest BCUT2D eigenvalue weighted by atomic mass is 15.1. The molecule has 0 N–H and O–H groups in total. The lowest BCUT2D eigenvalue weighted by Gasteiger charge is -2.27. The maximum absolute atomic E-state index is 5.25. The molecule has 0 radical (unpaired) electrons. The summed E-state index contributed by atoms with van der Waals surface area (Å²) in [5.41, 5.74) is 15.0. The zero-order chi connectivity index (χ0) is 30.2. The summed E-state index contributed by atoms with van der Waals surface area (Å²) in [6.45, 7) is 0. The Morgan fingerprint density at radius 2 is 1.00 bits per heavy atom. The second-order valence-electron chi connectivity index (χ2n) is 12.0. The van der Waals surface area contributed by atoms with E-state index < -0.39 is 0 Å². The Hall–Kier alpha value is -6.19. The lowest BCUT2D eigenvalue weighted by atomic mass is 9.92. The summed E-state index contributed by atoms with van der Waals surface area (Å²) < 4.78 is 2.32. The predicted octanol–water partition coefficient (Wildman–Crippen LogP) is 11.6. The second kappa shape index (κ2) is 9.65. The van der Waals surface area contributed by atoms with Gasteiger partial charge < -0.3 is 4.90 Å². The highest BCUT2D eigenvalue weighted by Crippen LogP contribution is 2.51. The third-order valence-corrected chi connectivity index (χ3v) is 9.50. The van der Waals surface area contributed by atoms with E-state index in [1.54, 1.807) is 0 Å². The van der Waals surface area contributed by atoms with Gasteiger partial charge in [0.2, 0.25) is 0 Å². The number of para-hydroxylation sites is 3. The minimum absolute atomic E-state index is 0.993. The van der Waals surface area contributed by atoms with Gasteiger partial charge >= 0.3 is 0 Å². The van der Waals surface area contributed by atoms with Gasteiger partial charge in [-0.2, -0.15) is 0 Å². The molecule has 0 saturated heterocycles. The van der Waals surface area contributed by atoms with Crippen molar-refractivity contribution in [2.24, 2.45) is 0 Å². The van der Waals surface area contributed by atoms with Crippen molar-refractivity contribution >= 4 is 55.4 Å². The van der Waals surface area contributed by atoms with E-state index in [2.05, 4.69) is 173 Å². The Balaban J connectivity index is 1.21. The predicted molar refractivity (Wildman–Crippen MR) is 192 cm³/mol. The molecule has 7 aromatic carbocycles. The quantitative estimate of drug-likeness (QED) is 0.188. The van der Waals surface area contributed by atoms with E-state index in [1.807, 2.05) is 0 Å². The summed E-state index contributed by atoms with van der Waals surface area (Å²) in [6, 6.07) is 59.1. The van der Waals surface area contributed by atoms with E-state index in [1.165, 1.54) is 60.9 Å². The summed E-state index contributed by atoms with van der Waals surface area (Å²) in [5.74, 6) is 0. The summed E-state index contributed by atoms with van der Waals surface area (Å²) in [4.78, 5) is 7.65. The Bertz CT molecular complexity index is 2650. The molecule has 214 valence electrons. The molecule has 10 rings (SSSR count). The standard InChI is InChI=1S/C43H27N3/c1-2-12-30(13-3-1)45-39-20-10-8-17-34(39)31-14-4-5-15-32(31)37-26-28(22-24-41(37)45)29-23-25-42-38(27-29)44-43-36-19-7-6-16-33(36)35-18-9-11-21-40(35)46(42)43/h1-27H. The summed E-state index contributed by atoms with van der Waals surface area (Å²) in [6.07, 6.45) is 0. The summed E-state index contributed by atoms with van der Waals surface area (Å²) in [5, 5.41) is 3.64. The van der Waals surface area contributed by atoms with Gasteiger partial charge in [0.1, 0.15) is 5.65 Å². The first-order valence-electron chi connectivity index (χ1n) is 15.7. The number of nitrogens with zero attached hydrogens (tertiary/aromatic N) is 3. The Morgan fingerprint density at radius 1 is 0.391 bits per heavy atom. The number of hydrogen-bond acceptors (Lipinski definition) is 2. The van der Waals surface area contributed by atoms with Crippen LogP contribution in [0.15, 0.2) is 164 Å². The van der Waals surface area contributed by atoms with Crippen LogP contribution in [-0.2, 0) is 0 Å². The monoisotopic (exact) mass is 585 g/mol. The van der Waals surface area contributed by atoms with Gasteiger partial charge in [0, 0.05) is 27.6 Å². The molecule has 0 spiro atoms. The van der Waals surface area contributed by atoms with Gasteiger partial charge in [-0.15, -0.1) is 0 Å². The summed E-state index contributed by atoms with van der Waals surface area (Å²) >= 11 is 0. The molecule has 2 aromatic heterocycles. The number of rotatable bonds is 2. The van der Waals surface area contributed by atoms with E-state index in [0.29, 0.717) is 0 Å². The highest BCUT2D eigenvalue weighted by molar-refractivity contribution is 6.14. The van der Waals surface area contributed by atoms with Crippen LogP contribution < -0.4 is 4.90 Å². The van der Waals surface area contributed by atoms with Crippen molar-refractivity contribution in [3.05, 3.63) is 164 Å². The maximum atomic E-state index is 5.25. The van der Waals surface area contributed by atoms with Crippen molar-refractivity contribution in [1.82, 2.24) is 9.38 Å². The van der Waals surface area contributed by atoms with E-state index >= 15 is 0 Å². The van der Waals surface area contributed by atoms with Crippen molar-refractivity contribution in [3.8, 4) is 33.4 Å². The molecule has 9 aromatic rings. The Labute approximate surface area is 266 Å². The zero-order valence-corrected chi connectivity index (χ0v) is 24.9. The maximum Gasteiger partial charge on any atom is 0.146 e. The number of pyridine rings is 1. The van der Waals surface area contributed by atoms with Crippen LogP contribution in [0.3, 0.4) is 0 Å². The average molecular weight is 586 g/mol. The first-order valence-corrected chi connectivity index (χ1v) is 15.7. The molecular weight excluding hydrogens is 558 g/mol. The number of fused-ring (bicyclic) bond motifs is 13. The van der Waals surface area contributed by atoms with Crippen molar-refractivity contribution in [1.29, 1.82) is 0 Å². The normalized spacial score (nSPS) is 12.3. The highest BCUT2D eigenvalue weighted by Gasteiger charge is 2.26. The minimum atomic E-state index is 0.993. The number of benzene rings is 7. The molecule has 0 amide bonds. The van der Waals surface area contributed by atoms with Crippen LogP contribution in [0.25, 0.3) is 71.7 Å². The van der Waals surface area contributed by atoms with Crippen LogP contribution in [0.1, 0.15) is 0 Å². The third-order valence-electron chi connectivity index (χ3n) is 9.50. The van der Waals surface area contributed by atoms with Gasteiger partial charge in [-0.1, -0.05) is 115 Å². The molecule has 0 bridgehead atoms. The Kier molecular flexibility index (Phi) is 5.28. The zero-order valence-electron chi connectivity index (χ0n) is 24.9. The lowest BCUT2D eigenvalue weighted by Crippen LogP contribution is -2.10. The number of imidazole rings is 1. The molecule has 1 aliphatic heterocycles. The molecule has 0 saturated carbocycles. The van der Waals surface area contributed by atoms with Crippen molar-refractivity contribution < 1.29 is 0 Å². The molecule has 1 aliphatic rings. The molecular formula is C43H27N3. The average Bonchev–Trinajstić information content (AvgIpc) is 3.47. The van der Waals surface area contributed by atoms with Crippen LogP contribution in [0.2, 0.25) is 0 Å². The Morgan fingerprint density at radius 3 is 1.85 bits per heavy atom. The molecule has 0 fully saturated rings. The number of hydrogen-bond donors (Lipinski definition) is 0. The topological polar surface area (TPSA) is 20.5 Å². The number of aromatic nitrogens is 2.